The molecule has 6 nitrogen and oxygen atoms in total. The van der Waals surface area contributed by atoms with E-state index in [-0.39, 0.29) is 25.0 Å². The number of carbonyl (C=O) groups is 2. The van der Waals surface area contributed by atoms with Crippen molar-refractivity contribution in [1.82, 2.24) is 9.80 Å². The van der Waals surface area contributed by atoms with Gasteiger partial charge in [0.25, 0.3) is 0 Å². The minimum absolute atomic E-state index is 0.0363. The number of hydrogen-bond acceptors (Lipinski definition) is 3. The third kappa shape index (κ3) is 6.54. The van der Waals surface area contributed by atoms with E-state index in [0.717, 1.165) is 42.5 Å². The Morgan fingerprint density at radius 3 is 2.17 bits per heavy atom. The van der Waals surface area contributed by atoms with E-state index in [4.69, 9.17) is 4.74 Å². The second kappa shape index (κ2) is 10.7. The standard InChI is InChI=1S/C26H31F3N2O4/c1-25(35-3,23(32)33)15-19-9-7-18(8-10-19)5-4-6-22-17-31(24(34)30(22)2)16-20-11-13-21(14-12-20)26(27,28)29/h7-14,22H,4-6,15-17H2,1-3H3,(H,32,33)/t22-,25-/m0/s1. The Balaban J connectivity index is 1.50. The van der Waals surface area contributed by atoms with Crippen LogP contribution in [0, 0.1) is 0 Å². The summed E-state index contributed by atoms with van der Waals surface area (Å²) in [7, 11) is 3.14. The number of nitrogens with zero attached hydrogens (tertiary/aromatic N) is 2. The first-order chi connectivity index (χ1) is 16.4. The van der Waals surface area contributed by atoms with Gasteiger partial charge in [-0.1, -0.05) is 36.4 Å². The molecule has 2 aromatic rings. The predicted molar refractivity (Wildman–Crippen MR) is 125 cm³/mol. The van der Waals surface area contributed by atoms with Crippen molar-refractivity contribution in [1.29, 1.82) is 0 Å². The van der Waals surface area contributed by atoms with Crippen molar-refractivity contribution in [3.8, 4) is 0 Å². The first-order valence-corrected chi connectivity index (χ1v) is 11.5. The predicted octanol–water partition coefficient (Wildman–Crippen LogP) is 5.00. The van der Waals surface area contributed by atoms with Gasteiger partial charge in [-0.3, -0.25) is 0 Å². The van der Waals surface area contributed by atoms with Gasteiger partial charge in [0.15, 0.2) is 5.60 Å². The monoisotopic (exact) mass is 492 g/mol. The molecule has 1 aliphatic rings. The third-order valence-electron chi connectivity index (χ3n) is 6.68. The number of likely N-dealkylation sites (N-methyl/N-ethyl adjacent to an activating group) is 1. The Hall–Kier alpha value is -3.07. The van der Waals surface area contributed by atoms with Gasteiger partial charge < -0.3 is 19.6 Å². The average Bonchev–Trinajstić information content (AvgIpc) is 3.07. The van der Waals surface area contributed by atoms with Crippen LogP contribution in [0.1, 0.15) is 42.0 Å². The number of carbonyl (C=O) groups excluding carboxylic acids is 1. The number of aliphatic carboxylic acids is 1. The Morgan fingerprint density at radius 1 is 1.06 bits per heavy atom. The lowest BCUT2D eigenvalue weighted by atomic mass is 9.95. The quantitative estimate of drug-likeness (QED) is 0.507. The van der Waals surface area contributed by atoms with Gasteiger partial charge in [-0.25, -0.2) is 9.59 Å². The van der Waals surface area contributed by atoms with Crippen LogP contribution in [-0.2, 0) is 35.1 Å². The molecule has 9 heteroatoms. The maximum atomic E-state index is 12.8. The number of halogens is 3. The summed E-state index contributed by atoms with van der Waals surface area (Å²) in [5.74, 6) is -1.01. The van der Waals surface area contributed by atoms with Crippen molar-refractivity contribution in [2.24, 2.45) is 0 Å². The number of rotatable bonds is 10. The number of carboxylic acid groups (broad SMARTS) is 1. The summed E-state index contributed by atoms with van der Waals surface area (Å²) in [5, 5.41) is 9.35. The first kappa shape index (κ1) is 26.5. The van der Waals surface area contributed by atoms with E-state index >= 15 is 0 Å². The molecule has 1 N–H and O–H groups in total. The number of hydrogen-bond donors (Lipinski definition) is 1. The first-order valence-electron chi connectivity index (χ1n) is 11.5. The average molecular weight is 493 g/mol. The molecule has 35 heavy (non-hydrogen) atoms. The van der Waals surface area contributed by atoms with Gasteiger partial charge in [0.2, 0.25) is 0 Å². The molecule has 1 aliphatic heterocycles. The van der Waals surface area contributed by atoms with Crippen molar-refractivity contribution >= 4 is 12.0 Å². The maximum Gasteiger partial charge on any atom is 0.416 e. The lowest BCUT2D eigenvalue weighted by Crippen LogP contribution is -2.39. The van der Waals surface area contributed by atoms with Crippen molar-refractivity contribution in [3.63, 3.8) is 0 Å². The van der Waals surface area contributed by atoms with Gasteiger partial charge in [-0.15, -0.1) is 0 Å². The number of ether oxygens (including phenoxy) is 1. The molecule has 2 atom stereocenters. The van der Waals surface area contributed by atoms with Crippen LogP contribution < -0.4 is 0 Å². The van der Waals surface area contributed by atoms with E-state index in [1.165, 1.54) is 19.2 Å². The lowest BCUT2D eigenvalue weighted by molar-refractivity contribution is -0.159. The van der Waals surface area contributed by atoms with Gasteiger partial charge in [0.1, 0.15) is 0 Å². The number of carboxylic acids is 1. The van der Waals surface area contributed by atoms with Crippen LogP contribution in [0.4, 0.5) is 18.0 Å². The maximum absolute atomic E-state index is 12.8. The fourth-order valence-corrected chi connectivity index (χ4v) is 4.26. The molecule has 0 unspecified atom stereocenters. The molecule has 2 amide bonds. The molecular formula is C26H31F3N2O4. The van der Waals surface area contributed by atoms with Crippen LogP contribution in [0.2, 0.25) is 0 Å². The molecular weight excluding hydrogens is 461 g/mol. The van der Waals surface area contributed by atoms with Crippen LogP contribution >= 0.6 is 0 Å². The molecule has 0 spiro atoms. The zero-order valence-corrected chi connectivity index (χ0v) is 20.1. The van der Waals surface area contributed by atoms with Crippen molar-refractivity contribution in [2.75, 3.05) is 20.7 Å². The molecule has 1 fully saturated rings. The van der Waals surface area contributed by atoms with Crippen LogP contribution in [-0.4, -0.2) is 59.3 Å². The molecule has 0 aliphatic carbocycles. The number of amides is 2. The Labute approximate surface area is 203 Å². The SMILES string of the molecule is CO[C@@](C)(Cc1ccc(CCC[C@H]2CN(Cc3ccc(C(F)(F)F)cc3)C(=O)N2C)cc1)C(=O)O. The minimum atomic E-state index is -4.38. The second-order valence-electron chi connectivity index (χ2n) is 9.25. The van der Waals surface area contributed by atoms with Gasteiger partial charge in [0, 0.05) is 33.7 Å². The zero-order valence-electron chi connectivity index (χ0n) is 20.1. The molecule has 1 heterocycles. The molecule has 2 aromatic carbocycles. The molecule has 190 valence electrons. The van der Waals surface area contributed by atoms with E-state index in [1.807, 2.05) is 24.3 Å². The Morgan fingerprint density at radius 2 is 1.63 bits per heavy atom. The molecule has 0 aromatic heterocycles. The number of alkyl halides is 3. The summed E-state index contributed by atoms with van der Waals surface area (Å²) in [4.78, 5) is 27.4. The Kier molecular flexibility index (Phi) is 8.10. The third-order valence-corrected chi connectivity index (χ3v) is 6.68. The molecule has 0 radical (unpaired) electrons. The number of methoxy groups -OCH3 is 1. The fraction of sp³-hybridized carbons (Fsp3) is 0.462. The minimum Gasteiger partial charge on any atom is -0.479 e. The fourth-order valence-electron chi connectivity index (χ4n) is 4.26. The summed E-state index contributed by atoms with van der Waals surface area (Å²) in [6, 6.07) is 12.6. The largest absolute Gasteiger partial charge is 0.479 e. The van der Waals surface area contributed by atoms with E-state index in [0.29, 0.717) is 12.1 Å². The van der Waals surface area contributed by atoms with Crippen molar-refractivity contribution < 1.29 is 32.6 Å². The van der Waals surface area contributed by atoms with E-state index in [9.17, 15) is 27.9 Å². The van der Waals surface area contributed by atoms with Gasteiger partial charge >= 0.3 is 18.2 Å². The highest BCUT2D eigenvalue weighted by molar-refractivity contribution is 5.77. The van der Waals surface area contributed by atoms with Crippen LogP contribution in [0.5, 0.6) is 0 Å². The van der Waals surface area contributed by atoms with Crippen molar-refractivity contribution in [3.05, 3.63) is 70.8 Å². The summed E-state index contributed by atoms with van der Waals surface area (Å²) in [6.07, 6.45) is -1.63. The van der Waals surface area contributed by atoms with Gasteiger partial charge in [-0.05, 0) is 55.0 Å². The smallest absolute Gasteiger partial charge is 0.416 e. The van der Waals surface area contributed by atoms with E-state index in [2.05, 4.69) is 0 Å². The van der Waals surface area contributed by atoms with Crippen LogP contribution in [0.25, 0.3) is 0 Å². The van der Waals surface area contributed by atoms with Crippen LogP contribution in [0.15, 0.2) is 48.5 Å². The summed E-state index contributed by atoms with van der Waals surface area (Å²) in [5.41, 5.74) is 0.685. The zero-order chi connectivity index (χ0) is 25.8. The highest BCUT2D eigenvalue weighted by Crippen LogP contribution is 2.29. The van der Waals surface area contributed by atoms with Gasteiger partial charge in [-0.2, -0.15) is 13.2 Å². The Bertz CT molecular complexity index is 1020. The second-order valence-corrected chi connectivity index (χ2v) is 9.25. The summed E-state index contributed by atoms with van der Waals surface area (Å²) in [6.45, 7) is 2.35. The van der Waals surface area contributed by atoms with Crippen molar-refractivity contribution in [2.45, 2.75) is 57.0 Å². The lowest BCUT2D eigenvalue weighted by Gasteiger charge is -2.23. The highest BCUT2D eigenvalue weighted by Gasteiger charge is 2.35. The van der Waals surface area contributed by atoms with E-state index in [1.54, 1.807) is 23.8 Å². The number of urea groups is 1. The number of benzene rings is 2. The molecule has 0 saturated carbocycles. The van der Waals surface area contributed by atoms with Crippen LogP contribution in [0.3, 0.4) is 0 Å². The highest BCUT2D eigenvalue weighted by atomic mass is 19.4. The molecule has 0 bridgehead atoms. The number of aryl methyl sites for hydroxylation is 1. The molecule has 1 saturated heterocycles. The van der Waals surface area contributed by atoms with E-state index < -0.39 is 23.3 Å². The normalized spacial score (nSPS) is 18.1. The topological polar surface area (TPSA) is 70.1 Å². The molecule has 3 rings (SSSR count). The summed E-state index contributed by atoms with van der Waals surface area (Å²) >= 11 is 0. The summed E-state index contributed by atoms with van der Waals surface area (Å²) < 4.78 is 43.4. The van der Waals surface area contributed by atoms with Gasteiger partial charge in [0.05, 0.1) is 11.6 Å².